The summed E-state index contributed by atoms with van der Waals surface area (Å²) in [6, 6.07) is 9.01. The second-order valence-corrected chi connectivity index (χ2v) is 31.3. The normalized spacial score (nSPS) is 23.5. The van der Waals surface area contributed by atoms with Gasteiger partial charge >= 0.3 is 0 Å². The highest BCUT2D eigenvalue weighted by Crippen LogP contribution is 2.48. The number of ether oxygens (including phenoxy) is 23. The van der Waals surface area contributed by atoms with Gasteiger partial charge in [-0.25, -0.2) is 14.0 Å². The number of hydrogen-bond donors (Lipinski definition) is 5. The number of nitrogens with zero attached hydrogens (tertiary/aromatic N) is 9. The molecular weight excluding hydrogens is 1590 g/mol. The highest BCUT2D eigenvalue weighted by molar-refractivity contribution is 5.77. The monoisotopic (exact) mass is 1720 g/mol. The summed E-state index contributed by atoms with van der Waals surface area (Å²) < 4.78 is 143. The van der Waals surface area contributed by atoms with Gasteiger partial charge in [-0.15, -0.1) is 15.3 Å². The molecule has 10 rings (SSSR count). The molecule has 41 heteroatoms. The zero-order valence-corrected chi connectivity index (χ0v) is 71.1. The van der Waals surface area contributed by atoms with Crippen LogP contribution in [0.3, 0.4) is 0 Å². The molecule has 0 unspecified atom stereocenters. The molecule has 9 heterocycles. The molecule has 6 aliphatic rings. The highest BCUT2D eigenvalue weighted by Gasteiger charge is 2.67. The lowest BCUT2D eigenvalue weighted by Gasteiger charge is -2.42. The van der Waals surface area contributed by atoms with Gasteiger partial charge in [0.15, 0.2) is 24.2 Å². The number of aromatic nitrogens is 9. The molecule has 5 N–H and O–H groups in total. The van der Waals surface area contributed by atoms with Crippen molar-refractivity contribution in [1.29, 1.82) is 0 Å². The SMILES string of the molecule is CC(=O)N[C@H]1[C@H]2OC[C@](COCCOCCOCCOCCn3cc(COCC(COCc4cn(CCOCCOCCOCCO)nn4)(COCc4cn(CCOCCOCCOCCOC[C@@]56CO[C@@H](O5)[C@H](NC(C)=O)[C@H]5OC(C)(C)O[C@H]56)nn4)NC(=O)CCCCCNC(=O)CCCCCOCc4ccccc4)nn3)(O2)[C@@H]2OC(C)(C)O[C@H]12. The van der Waals surface area contributed by atoms with Crippen molar-refractivity contribution in [1.82, 2.24) is 66.2 Å². The van der Waals surface area contributed by atoms with Crippen LogP contribution in [0.5, 0.6) is 0 Å². The van der Waals surface area contributed by atoms with Crippen LogP contribution in [0.25, 0.3) is 0 Å². The maximum atomic E-state index is 14.2. The third-order valence-electron chi connectivity index (χ3n) is 20.1. The summed E-state index contributed by atoms with van der Waals surface area (Å²) in [6.45, 7) is 20.6. The molecule has 6 saturated heterocycles. The van der Waals surface area contributed by atoms with Crippen molar-refractivity contribution in [3.05, 3.63) is 71.6 Å². The van der Waals surface area contributed by atoms with Crippen LogP contribution in [0.1, 0.15) is 116 Å². The van der Waals surface area contributed by atoms with Gasteiger partial charge in [0, 0.05) is 39.8 Å². The first kappa shape index (κ1) is 96.8. The molecule has 3 aromatic heterocycles. The van der Waals surface area contributed by atoms with Crippen LogP contribution >= 0.6 is 0 Å². The Morgan fingerprint density at radius 3 is 1.24 bits per heavy atom. The molecule has 121 heavy (non-hydrogen) atoms. The maximum absolute atomic E-state index is 14.2. The topological polar surface area (TPSA) is 441 Å². The smallest absolute Gasteiger partial charge is 0.220 e. The Morgan fingerprint density at radius 1 is 0.438 bits per heavy atom. The summed E-state index contributed by atoms with van der Waals surface area (Å²) in [6.07, 6.45) is 7.04. The van der Waals surface area contributed by atoms with E-state index in [4.69, 9.17) is 114 Å². The fraction of sp³-hybridized carbons (Fsp3) is 0.800. The van der Waals surface area contributed by atoms with E-state index in [9.17, 15) is 19.2 Å². The third kappa shape index (κ3) is 33.4. The van der Waals surface area contributed by atoms with Crippen molar-refractivity contribution in [2.45, 2.75) is 216 Å². The predicted molar refractivity (Wildman–Crippen MR) is 422 cm³/mol. The van der Waals surface area contributed by atoms with Crippen LogP contribution in [-0.4, -0.2) is 349 Å². The van der Waals surface area contributed by atoms with E-state index in [1.165, 1.54) is 13.8 Å². The number of rotatable bonds is 68. The number of hydrogen-bond acceptors (Lipinski definition) is 34. The summed E-state index contributed by atoms with van der Waals surface area (Å²) in [5, 5.41) is 46.9. The van der Waals surface area contributed by atoms with Crippen LogP contribution < -0.4 is 21.3 Å². The number of carbonyl (C=O) groups is 4. The van der Waals surface area contributed by atoms with Crippen LogP contribution in [0.15, 0.2) is 48.9 Å². The summed E-state index contributed by atoms with van der Waals surface area (Å²) in [5.74, 6) is -2.43. The lowest BCUT2D eigenvalue weighted by atomic mass is 9.88. The van der Waals surface area contributed by atoms with Crippen molar-refractivity contribution in [2.24, 2.45) is 0 Å². The van der Waals surface area contributed by atoms with Crippen molar-refractivity contribution in [3.63, 3.8) is 0 Å². The second kappa shape index (κ2) is 51.9. The Bertz CT molecular complexity index is 3440. The molecule has 41 nitrogen and oxygen atoms in total. The number of nitrogens with one attached hydrogen (secondary N) is 4. The van der Waals surface area contributed by atoms with Crippen LogP contribution in [0, 0.1) is 0 Å². The highest BCUT2D eigenvalue weighted by atomic mass is 16.8. The molecule has 4 bridgehead atoms. The van der Waals surface area contributed by atoms with Crippen molar-refractivity contribution in [2.75, 3.05) is 198 Å². The Morgan fingerprint density at radius 2 is 0.826 bits per heavy atom. The number of aliphatic hydroxyl groups is 1. The Labute approximate surface area is 706 Å². The lowest BCUT2D eigenvalue weighted by molar-refractivity contribution is -0.214. The van der Waals surface area contributed by atoms with E-state index >= 15 is 0 Å². The first-order chi connectivity index (χ1) is 58.8. The van der Waals surface area contributed by atoms with E-state index in [1.807, 2.05) is 58.0 Å². The molecule has 0 saturated carbocycles. The predicted octanol–water partition coefficient (Wildman–Crippen LogP) is 1.20. The van der Waals surface area contributed by atoms with Gasteiger partial charge in [0.25, 0.3) is 0 Å². The van der Waals surface area contributed by atoms with E-state index in [0.717, 1.165) is 24.8 Å². The summed E-state index contributed by atoms with van der Waals surface area (Å²) in [5.41, 5.74) is -0.324. The quantitative estimate of drug-likeness (QED) is 0.0388. The molecule has 0 spiro atoms. The molecule has 0 radical (unpaired) electrons. The first-order valence-corrected chi connectivity index (χ1v) is 42.2. The molecule has 6 aliphatic heterocycles. The first-order valence-electron chi connectivity index (χ1n) is 42.2. The zero-order chi connectivity index (χ0) is 85.3. The van der Waals surface area contributed by atoms with E-state index < -0.39 is 77.4 Å². The second-order valence-electron chi connectivity index (χ2n) is 31.3. The molecule has 6 fully saturated rings. The van der Waals surface area contributed by atoms with Crippen LogP contribution in [0.4, 0.5) is 0 Å². The van der Waals surface area contributed by atoms with Gasteiger partial charge in [0.1, 0.15) is 70.3 Å². The minimum atomic E-state index is -1.27. The van der Waals surface area contributed by atoms with Crippen molar-refractivity contribution >= 4 is 23.6 Å². The van der Waals surface area contributed by atoms with Gasteiger partial charge in [-0.05, 0) is 58.9 Å². The van der Waals surface area contributed by atoms with Crippen molar-refractivity contribution < 1.29 is 133 Å². The maximum Gasteiger partial charge on any atom is 0.220 e. The van der Waals surface area contributed by atoms with Gasteiger partial charge in [0.05, 0.1) is 250 Å². The number of unbranched alkanes of at least 4 members (excludes halogenated alkanes) is 4. The number of fused-ring (bicyclic) bond motifs is 8. The van der Waals surface area contributed by atoms with Gasteiger partial charge in [-0.1, -0.05) is 58.8 Å². The average molecular weight is 1720 g/mol. The summed E-state index contributed by atoms with van der Waals surface area (Å²) in [7, 11) is 0. The van der Waals surface area contributed by atoms with E-state index in [-0.39, 0.29) is 109 Å². The fourth-order valence-electron chi connectivity index (χ4n) is 14.4. The minimum absolute atomic E-state index is 0.000942. The zero-order valence-electron chi connectivity index (χ0n) is 71.1. The average Bonchev–Trinajstić information content (AvgIpc) is 1.57. The molecule has 0 aliphatic carbocycles. The van der Waals surface area contributed by atoms with Gasteiger partial charge in [0.2, 0.25) is 23.6 Å². The standard InChI is InChI=1S/C80H129N13O28/c1-60(95)82-68-70-72(118-76(3,4)116-70)79(58-114-74(68)120-79)56-109-44-42-106-40-38-104-35-31-100-27-22-92-47-64(86-89-92)51-112-54-78(53-111-50-63-46-91(88-85-63)21-26-99-30-34-103-37-33-102-29-24-94,84-67(98)19-12-8-14-20-81-66(97)18-13-9-15-25-108-49-62-16-10-7-11-17-62)55-113-52-65-48-93(90-87-65)23-28-101-32-36-105-39-41-107-43-45-110-57-80-59-115-75(121-80)69(83-61(2)96)71-73(80)119-77(5,6)117-71/h7,10-11,16-17,46-48,68-75,94H,8-9,12-15,18-45,49-59H2,1-6H3,(H,81,97)(H,82,95)(H,83,96)(H,84,98)/t68-,69-,70-,71-,72-,73-,74+,75+,79+,80+/m1/s1. The number of benzene rings is 1. The lowest BCUT2D eigenvalue weighted by Crippen LogP contribution is -2.65. The number of carbonyl (C=O) groups excluding carboxylic acids is 4. The number of aliphatic hydroxyl groups excluding tert-OH is 1. The molecular formula is C80H129N13O28. The van der Waals surface area contributed by atoms with E-state index in [1.54, 1.807) is 32.6 Å². The summed E-state index contributed by atoms with van der Waals surface area (Å²) in [4.78, 5) is 50.9. The molecule has 682 valence electrons. The Hall–Kier alpha value is -6.44. The molecule has 4 aromatic rings. The summed E-state index contributed by atoms with van der Waals surface area (Å²) >= 11 is 0. The number of amides is 4. The fourth-order valence-corrected chi connectivity index (χ4v) is 14.4. The van der Waals surface area contributed by atoms with Crippen LogP contribution in [-0.2, 0) is 174 Å². The third-order valence-corrected chi connectivity index (χ3v) is 20.1. The molecule has 4 amide bonds. The Kier molecular flexibility index (Phi) is 41.5. The minimum Gasteiger partial charge on any atom is -0.394 e. The van der Waals surface area contributed by atoms with E-state index in [2.05, 4.69) is 52.2 Å². The largest absolute Gasteiger partial charge is 0.394 e. The molecule has 10 atom stereocenters. The van der Waals surface area contributed by atoms with Gasteiger partial charge in [-0.2, -0.15) is 0 Å². The van der Waals surface area contributed by atoms with Gasteiger partial charge < -0.3 is 135 Å². The van der Waals surface area contributed by atoms with Gasteiger partial charge in [-0.3, -0.25) is 19.2 Å². The molecule has 1 aromatic carbocycles. The Balaban J connectivity index is 0.649. The van der Waals surface area contributed by atoms with Crippen molar-refractivity contribution in [3.8, 4) is 0 Å². The van der Waals surface area contributed by atoms with Crippen LogP contribution in [0.2, 0.25) is 0 Å². The van der Waals surface area contributed by atoms with E-state index in [0.29, 0.717) is 208 Å².